The molecule has 0 aromatic carbocycles. The Bertz CT molecular complexity index is 324. The zero-order valence-corrected chi connectivity index (χ0v) is 9.92. The maximum atomic E-state index is 12.1. The van der Waals surface area contributed by atoms with E-state index in [1.54, 1.807) is 11.3 Å². The van der Waals surface area contributed by atoms with Gasteiger partial charge in [-0.25, -0.2) is 0 Å². The van der Waals surface area contributed by atoms with Crippen molar-refractivity contribution in [1.82, 2.24) is 0 Å². The quantitative estimate of drug-likeness (QED) is 0.718. The molecule has 2 heterocycles. The Balaban J connectivity index is 2.11. The maximum absolute atomic E-state index is 12.1. The molecule has 0 bridgehead atoms. The molecule has 1 atom stereocenters. The van der Waals surface area contributed by atoms with Crippen LogP contribution in [0.15, 0.2) is 10.8 Å². The van der Waals surface area contributed by atoms with Crippen molar-refractivity contribution in [2.75, 3.05) is 5.75 Å². The van der Waals surface area contributed by atoms with Crippen molar-refractivity contribution >= 4 is 28.9 Å². The van der Waals surface area contributed by atoms with Crippen LogP contribution in [0.4, 0.5) is 0 Å². The van der Waals surface area contributed by atoms with Crippen LogP contribution < -0.4 is 0 Å². The van der Waals surface area contributed by atoms with Crippen molar-refractivity contribution in [3.63, 3.8) is 0 Å². The third-order valence-corrected chi connectivity index (χ3v) is 4.83. The second-order valence-corrected chi connectivity index (χ2v) is 5.74. The van der Waals surface area contributed by atoms with E-state index in [1.807, 2.05) is 24.1 Å². The van der Waals surface area contributed by atoms with E-state index in [-0.39, 0.29) is 5.25 Å². The highest BCUT2D eigenvalue weighted by Gasteiger charge is 2.24. The summed E-state index contributed by atoms with van der Waals surface area (Å²) < 4.78 is 0. The Morgan fingerprint density at radius 3 is 2.86 bits per heavy atom. The number of hydrogen-bond acceptors (Lipinski definition) is 3. The van der Waals surface area contributed by atoms with Gasteiger partial charge in [-0.1, -0.05) is 6.42 Å². The molecule has 14 heavy (non-hydrogen) atoms. The van der Waals surface area contributed by atoms with Gasteiger partial charge in [0.1, 0.15) is 0 Å². The van der Waals surface area contributed by atoms with Gasteiger partial charge in [0.2, 0.25) is 0 Å². The number of carbonyl (C=O) groups is 1. The molecule has 0 spiro atoms. The van der Waals surface area contributed by atoms with Crippen LogP contribution >= 0.6 is 23.1 Å². The molecule has 2 rings (SSSR count). The van der Waals surface area contributed by atoms with E-state index in [4.69, 9.17) is 0 Å². The average Bonchev–Trinajstić information content (AvgIpc) is 2.65. The Labute approximate surface area is 92.9 Å². The molecule has 0 N–H and O–H groups in total. The Hall–Kier alpha value is -0.280. The molecule has 1 aromatic heterocycles. The summed E-state index contributed by atoms with van der Waals surface area (Å²) in [4.78, 5) is 12.1. The van der Waals surface area contributed by atoms with Crippen molar-refractivity contribution in [3.8, 4) is 0 Å². The molecule has 1 aliphatic heterocycles. The zero-order valence-electron chi connectivity index (χ0n) is 8.29. The van der Waals surface area contributed by atoms with Gasteiger partial charge in [-0.3, -0.25) is 4.79 Å². The number of rotatable bonds is 2. The van der Waals surface area contributed by atoms with Crippen LogP contribution in [0.5, 0.6) is 0 Å². The molecule has 1 nitrogen and oxygen atoms in total. The van der Waals surface area contributed by atoms with Gasteiger partial charge in [0.25, 0.3) is 0 Å². The second-order valence-electron chi connectivity index (χ2n) is 3.69. The zero-order chi connectivity index (χ0) is 9.97. The third-order valence-electron chi connectivity index (χ3n) is 2.59. The van der Waals surface area contributed by atoms with Crippen molar-refractivity contribution in [3.05, 3.63) is 21.9 Å². The van der Waals surface area contributed by atoms with Crippen LogP contribution in [0, 0.1) is 6.92 Å². The van der Waals surface area contributed by atoms with E-state index < -0.39 is 0 Å². The number of aryl methyl sites for hydroxylation is 1. The monoisotopic (exact) mass is 226 g/mol. The van der Waals surface area contributed by atoms with E-state index in [9.17, 15) is 4.79 Å². The van der Waals surface area contributed by atoms with E-state index in [1.165, 1.54) is 12.8 Å². The maximum Gasteiger partial charge on any atom is 0.176 e. The van der Waals surface area contributed by atoms with Crippen LogP contribution in [-0.2, 0) is 0 Å². The molecule has 76 valence electrons. The summed E-state index contributed by atoms with van der Waals surface area (Å²) in [6, 6.07) is 0. The second kappa shape index (κ2) is 4.49. The first-order valence-corrected chi connectivity index (χ1v) is 6.97. The van der Waals surface area contributed by atoms with Gasteiger partial charge in [-0.05, 0) is 36.5 Å². The lowest BCUT2D eigenvalue weighted by molar-refractivity contribution is 0.0984. The van der Waals surface area contributed by atoms with Crippen molar-refractivity contribution in [2.45, 2.75) is 31.4 Å². The molecule has 0 radical (unpaired) electrons. The summed E-state index contributed by atoms with van der Waals surface area (Å²) in [6.45, 7) is 2.03. The molecular formula is C11H14OS2. The predicted molar refractivity (Wildman–Crippen MR) is 63.5 cm³/mol. The Morgan fingerprint density at radius 1 is 1.43 bits per heavy atom. The minimum atomic E-state index is 0.233. The standard InChI is InChI=1S/C11H14OS2/c1-8-6-13-7-9(8)11(12)10-4-2-3-5-14-10/h6-7,10H,2-5H2,1H3. The summed E-state index contributed by atoms with van der Waals surface area (Å²) in [7, 11) is 0. The molecule has 1 fully saturated rings. The smallest absolute Gasteiger partial charge is 0.176 e. The van der Waals surface area contributed by atoms with Gasteiger partial charge in [0.05, 0.1) is 5.25 Å². The number of ketones is 1. The lowest BCUT2D eigenvalue weighted by Crippen LogP contribution is -2.21. The first-order chi connectivity index (χ1) is 6.79. The largest absolute Gasteiger partial charge is 0.293 e. The van der Waals surface area contributed by atoms with E-state index in [2.05, 4.69) is 5.38 Å². The van der Waals surface area contributed by atoms with Crippen molar-refractivity contribution < 1.29 is 4.79 Å². The predicted octanol–water partition coefficient (Wildman–Crippen LogP) is 3.52. The molecule has 1 aromatic rings. The van der Waals surface area contributed by atoms with Gasteiger partial charge in [-0.2, -0.15) is 23.1 Å². The third kappa shape index (κ3) is 2.04. The molecular weight excluding hydrogens is 212 g/mol. The number of thiophene rings is 1. The summed E-state index contributed by atoms with van der Waals surface area (Å²) >= 11 is 3.46. The van der Waals surface area contributed by atoms with E-state index >= 15 is 0 Å². The lowest BCUT2D eigenvalue weighted by atomic mass is 10.0. The SMILES string of the molecule is Cc1cscc1C(=O)C1CCCCS1. The van der Waals surface area contributed by atoms with Crippen molar-refractivity contribution in [1.29, 1.82) is 0 Å². The molecule has 3 heteroatoms. The van der Waals surface area contributed by atoms with Crippen LogP contribution in [0.25, 0.3) is 0 Å². The Morgan fingerprint density at radius 2 is 2.29 bits per heavy atom. The molecule has 0 aliphatic carbocycles. The number of Topliss-reactive ketones (excluding diaryl/α,β-unsaturated/α-hetero) is 1. The molecule has 1 aliphatic rings. The fraction of sp³-hybridized carbons (Fsp3) is 0.545. The van der Waals surface area contributed by atoms with Gasteiger partial charge >= 0.3 is 0 Å². The molecule has 0 amide bonds. The van der Waals surface area contributed by atoms with Gasteiger partial charge < -0.3 is 0 Å². The van der Waals surface area contributed by atoms with Gasteiger partial charge in [0.15, 0.2) is 5.78 Å². The van der Waals surface area contributed by atoms with Crippen LogP contribution in [0.1, 0.15) is 35.2 Å². The van der Waals surface area contributed by atoms with E-state index in [0.717, 1.165) is 23.3 Å². The molecule has 0 saturated carbocycles. The van der Waals surface area contributed by atoms with Crippen molar-refractivity contribution in [2.24, 2.45) is 0 Å². The number of thioether (sulfide) groups is 1. The fourth-order valence-electron chi connectivity index (χ4n) is 1.73. The van der Waals surface area contributed by atoms with Crippen LogP contribution in [0.3, 0.4) is 0 Å². The highest BCUT2D eigenvalue weighted by molar-refractivity contribution is 8.00. The normalized spacial score (nSPS) is 22.2. The van der Waals surface area contributed by atoms with E-state index in [0.29, 0.717) is 5.78 Å². The minimum Gasteiger partial charge on any atom is -0.293 e. The summed E-state index contributed by atoms with van der Waals surface area (Å²) in [5.74, 6) is 1.51. The van der Waals surface area contributed by atoms with Gasteiger partial charge in [0, 0.05) is 10.9 Å². The van der Waals surface area contributed by atoms with Crippen LogP contribution in [-0.4, -0.2) is 16.8 Å². The van der Waals surface area contributed by atoms with Crippen LogP contribution in [0.2, 0.25) is 0 Å². The highest BCUT2D eigenvalue weighted by atomic mass is 32.2. The summed E-state index contributed by atoms with van der Waals surface area (Å²) in [6.07, 6.45) is 3.56. The Kier molecular flexibility index (Phi) is 3.29. The first-order valence-electron chi connectivity index (χ1n) is 4.97. The minimum absolute atomic E-state index is 0.233. The highest BCUT2D eigenvalue weighted by Crippen LogP contribution is 2.29. The number of carbonyl (C=O) groups excluding carboxylic acids is 1. The average molecular weight is 226 g/mol. The first kappa shape index (κ1) is 10.2. The molecule has 1 unspecified atom stereocenters. The fourth-order valence-corrected chi connectivity index (χ4v) is 3.84. The number of hydrogen-bond donors (Lipinski definition) is 0. The topological polar surface area (TPSA) is 17.1 Å². The summed E-state index contributed by atoms with van der Waals surface area (Å²) in [5.41, 5.74) is 2.10. The lowest BCUT2D eigenvalue weighted by Gasteiger charge is -2.19. The van der Waals surface area contributed by atoms with Gasteiger partial charge in [-0.15, -0.1) is 0 Å². The summed E-state index contributed by atoms with van der Waals surface area (Å²) in [5, 5.41) is 4.28. The molecule has 1 saturated heterocycles.